The second-order valence-corrected chi connectivity index (χ2v) is 14.1. The van der Waals surface area contributed by atoms with Crippen molar-refractivity contribution < 1.29 is 4.42 Å². The minimum Gasteiger partial charge on any atom is -0.456 e. The summed E-state index contributed by atoms with van der Waals surface area (Å²) < 4.78 is 6.41. The van der Waals surface area contributed by atoms with E-state index in [4.69, 9.17) is 4.42 Å². The Kier molecular flexibility index (Phi) is 6.56. The summed E-state index contributed by atoms with van der Waals surface area (Å²) in [6.45, 7) is 4.70. The fourth-order valence-corrected chi connectivity index (χ4v) is 8.48. The second-order valence-electron chi connectivity index (χ2n) is 14.1. The third-order valence-corrected chi connectivity index (χ3v) is 10.9. The minimum atomic E-state index is -0.117. The number of para-hydroxylation sites is 2. The summed E-state index contributed by atoms with van der Waals surface area (Å²) in [7, 11) is 0. The molecule has 8 aromatic carbocycles. The van der Waals surface area contributed by atoms with Crippen LogP contribution in [0.1, 0.15) is 25.0 Å². The lowest BCUT2D eigenvalue weighted by Crippen LogP contribution is -2.16. The lowest BCUT2D eigenvalue weighted by atomic mass is 9.82. The van der Waals surface area contributed by atoms with E-state index in [1.54, 1.807) is 0 Å². The van der Waals surface area contributed by atoms with Crippen LogP contribution in [0.5, 0.6) is 0 Å². The Hall–Kier alpha value is -6.38. The van der Waals surface area contributed by atoms with Gasteiger partial charge in [0.25, 0.3) is 0 Å². The van der Waals surface area contributed by atoms with Crippen LogP contribution < -0.4 is 4.90 Å². The van der Waals surface area contributed by atoms with E-state index in [2.05, 4.69) is 189 Å². The van der Waals surface area contributed by atoms with E-state index in [0.29, 0.717) is 0 Å². The van der Waals surface area contributed by atoms with E-state index in [0.717, 1.165) is 38.9 Å². The SMILES string of the molecule is CC1(C)c2ccccc2-c2c(N(c3ccc(-c4ccccc4)cc3)c3ccccc3-c3cccc4ccc5oc6ccccc6c5c34)cccc21. The molecule has 0 amide bonds. The predicted octanol–water partition coefficient (Wildman–Crippen LogP) is 13.8. The zero-order chi connectivity index (χ0) is 34.1. The van der Waals surface area contributed by atoms with Crippen LogP contribution in [0.2, 0.25) is 0 Å². The molecule has 0 saturated carbocycles. The first-order valence-electron chi connectivity index (χ1n) is 17.7. The summed E-state index contributed by atoms with van der Waals surface area (Å²) in [5.41, 5.74) is 15.1. The number of fused-ring (bicyclic) bond motifs is 8. The van der Waals surface area contributed by atoms with Crippen LogP contribution in [0, 0.1) is 0 Å². The van der Waals surface area contributed by atoms with Crippen molar-refractivity contribution in [1.29, 1.82) is 0 Å². The highest BCUT2D eigenvalue weighted by Crippen LogP contribution is 2.55. The van der Waals surface area contributed by atoms with Crippen molar-refractivity contribution in [3.63, 3.8) is 0 Å². The third-order valence-electron chi connectivity index (χ3n) is 10.9. The van der Waals surface area contributed by atoms with Gasteiger partial charge in [0.05, 0.1) is 11.4 Å². The van der Waals surface area contributed by atoms with Gasteiger partial charge in [-0.3, -0.25) is 0 Å². The van der Waals surface area contributed by atoms with Crippen LogP contribution in [-0.4, -0.2) is 0 Å². The summed E-state index contributed by atoms with van der Waals surface area (Å²) >= 11 is 0. The van der Waals surface area contributed by atoms with E-state index < -0.39 is 0 Å². The number of benzene rings is 8. The van der Waals surface area contributed by atoms with Gasteiger partial charge in [0.2, 0.25) is 0 Å². The monoisotopic (exact) mass is 653 g/mol. The van der Waals surface area contributed by atoms with Crippen molar-refractivity contribution in [3.05, 3.63) is 187 Å². The molecule has 0 radical (unpaired) electrons. The second kappa shape index (κ2) is 11.3. The molecule has 1 heterocycles. The summed E-state index contributed by atoms with van der Waals surface area (Å²) in [5, 5.41) is 4.69. The molecule has 2 heteroatoms. The van der Waals surface area contributed by atoms with E-state index in [1.807, 2.05) is 6.07 Å². The Morgan fingerprint density at radius 1 is 0.431 bits per heavy atom. The highest BCUT2D eigenvalue weighted by molar-refractivity contribution is 6.23. The largest absolute Gasteiger partial charge is 0.456 e. The van der Waals surface area contributed by atoms with E-state index in [9.17, 15) is 0 Å². The van der Waals surface area contributed by atoms with Gasteiger partial charge in [-0.25, -0.2) is 0 Å². The standard InChI is InChI=1S/C49H35NO/c1-49(2)40-21-9-6-18-38(40)47-41(49)22-13-24-43(47)50(35-29-26-33(27-30-35)32-14-4-3-5-15-32)42-23-10-7-17-36(42)37-20-12-16-34-28-31-45-48(46(34)37)39-19-8-11-25-44(39)51-45/h3-31H,1-2H3. The molecule has 242 valence electrons. The Morgan fingerprint density at radius 3 is 1.94 bits per heavy atom. The first-order chi connectivity index (χ1) is 25.1. The van der Waals surface area contributed by atoms with Crippen molar-refractivity contribution in [3.8, 4) is 33.4 Å². The lowest BCUT2D eigenvalue weighted by molar-refractivity contribution is 0.660. The normalized spacial score (nSPS) is 13.1. The number of anilines is 3. The van der Waals surface area contributed by atoms with Crippen molar-refractivity contribution in [1.82, 2.24) is 0 Å². The molecule has 0 aliphatic heterocycles. The number of rotatable bonds is 5. The van der Waals surface area contributed by atoms with Crippen LogP contribution in [0.15, 0.2) is 180 Å². The fraction of sp³-hybridized carbons (Fsp3) is 0.0612. The molecule has 9 aromatic rings. The smallest absolute Gasteiger partial charge is 0.136 e. The first kappa shape index (κ1) is 29.5. The first-order valence-corrected chi connectivity index (χ1v) is 17.7. The van der Waals surface area contributed by atoms with Gasteiger partial charge in [-0.1, -0.05) is 153 Å². The molecule has 2 nitrogen and oxygen atoms in total. The van der Waals surface area contributed by atoms with E-state index >= 15 is 0 Å². The quantitative estimate of drug-likeness (QED) is 0.184. The van der Waals surface area contributed by atoms with Crippen molar-refractivity contribution in [2.75, 3.05) is 4.90 Å². The highest BCUT2D eigenvalue weighted by Gasteiger charge is 2.38. The van der Waals surface area contributed by atoms with Crippen LogP contribution in [-0.2, 0) is 5.41 Å². The topological polar surface area (TPSA) is 16.4 Å². The Balaban J connectivity index is 1.26. The average molecular weight is 654 g/mol. The fourth-order valence-electron chi connectivity index (χ4n) is 8.48. The molecule has 1 aliphatic carbocycles. The van der Waals surface area contributed by atoms with Gasteiger partial charge in [0.1, 0.15) is 11.2 Å². The van der Waals surface area contributed by atoms with Crippen molar-refractivity contribution in [2.24, 2.45) is 0 Å². The zero-order valence-electron chi connectivity index (χ0n) is 28.6. The van der Waals surface area contributed by atoms with Crippen LogP contribution >= 0.6 is 0 Å². The van der Waals surface area contributed by atoms with E-state index in [1.165, 1.54) is 55.4 Å². The summed E-state index contributed by atoms with van der Waals surface area (Å²) in [6, 6.07) is 63.7. The van der Waals surface area contributed by atoms with Crippen LogP contribution in [0.25, 0.3) is 66.1 Å². The molecule has 51 heavy (non-hydrogen) atoms. The predicted molar refractivity (Wildman–Crippen MR) is 214 cm³/mol. The van der Waals surface area contributed by atoms with Gasteiger partial charge >= 0.3 is 0 Å². The number of hydrogen-bond acceptors (Lipinski definition) is 2. The molecule has 0 N–H and O–H groups in total. The molecule has 1 aromatic heterocycles. The maximum absolute atomic E-state index is 6.41. The number of hydrogen-bond donors (Lipinski definition) is 0. The van der Waals surface area contributed by atoms with Crippen LogP contribution in [0.3, 0.4) is 0 Å². The van der Waals surface area contributed by atoms with Gasteiger partial charge < -0.3 is 9.32 Å². The lowest BCUT2D eigenvalue weighted by Gasteiger charge is -2.31. The molecule has 0 saturated heterocycles. The average Bonchev–Trinajstić information content (AvgIpc) is 3.68. The summed E-state index contributed by atoms with van der Waals surface area (Å²) in [4.78, 5) is 2.48. The summed E-state index contributed by atoms with van der Waals surface area (Å²) in [6.07, 6.45) is 0. The zero-order valence-corrected chi connectivity index (χ0v) is 28.6. The minimum absolute atomic E-state index is 0.117. The Bertz CT molecular complexity index is 2770. The Morgan fingerprint density at radius 2 is 1.08 bits per heavy atom. The molecule has 0 spiro atoms. The number of furan rings is 1. The van der Waals surface area contributed by atoms with E-state index in [-0.39, 0.29) is 5.41 Å². The van der Waals surface area contributed by atoms with Gasteiger partial charge in [-0.2, -0.15) is 0 Å². The molecular weight excluding hydrogens is 619 g/mol. The molecule has 0 fully saturated rings. The third kappa shape index (κ3) is 4.50. The summed E-state index contributed by atoms with van der Waals surface area (Å²) in [5.74, 6) is 0. The number of nitrogens with zero attached hydrogens (tertiary/aromatic N) is 1. The molecule has 0 unspecified atom stereocenters. The molecular formula is C49H35NO. The maximum Gasteiger partial charge on any atom is 0.136 e. The van der Waals surface area contributed by atoms with Crippen molar-refractivity contribution >= 4 is 49.8 Å². The molecule has 1 aliphatic rings. The van der Waals surface area contributed by atoms with Gasteiger partial charge in [0.15, 0.2) is 0 Å². The van der Waals surface area contributed by atoms with Gasteiger partial charge in [0, 0.05) is 38.4 Å². The molecule has 0 bridgehead atoms. The van der Waals surface area contributed by atoms with Gasteiger partial charge in [-0.05, 0) is 75.2 Å². The maximum atomic E-state index is 6.41. The highest BCUT2D eigenvalue weighted by atomic mass is 16.3. The molecule has 0 atom stereocenters. The Labute approximate surface area is 297 Å². The molecule has 10 rings (SSSR count). The van der Waals surface area contributed by atoms with Crippen LogP contribution in [0.4, 0.5) is 17.1 Å². The van der Waals surface area contributed by atoms with Crippen molar-refractivity contribution in [2.45, 2.75) is 19.3 Å². The van der Waals surface area contributed by atoms with Gasteiger partial charge in [-0.15, -0.1) is 0 Å².